The van der Waals surface area contributed by atoms with Crippen LogP contribution in [0.15, 0.2) is 36.5 Å². The second-order valence-electron chi connectivity index (χ2n) is 4.95. The van der Waals surface area contributed by atoms with Gasteiger partial charge in [0.1, 0.15) is 5.15 Å². The number of carbonyl (C=O) groups is 1. The van der Waals surface area contributed by atoms with Crippen LogP contribution in [0.3, 0.4) is 0 Å². The van der Waals surface area contributed by atoms with E-state index < -0.39 is 0 Å². The topological polar surface area (TPSA) is 42.0 Å². The average molecular weight is 342 g/mol. The molecule has 108 valence electrons. The van der Waals surface area contributed by atoms with Gasteiger partial charge in [-0.25, -0.2) is 4.98 Å². The van der Waals surface area contributed by atoms with Gasteiger partial charge in [-0.05, 0) is 36.1 Å². The maximum atomic E-state index is 12.2. The number of hydrogen-bond donors (Lipinski definition) is 1. The zero-order valence-electron chi connectivity index (χ0n) is 10.8. The predicted molar refractivity (Wildman–Crippen MR) is 85.2 cm³/mol. The van der Waals surface area contributed by atoms with E-state index in [-0.39, 0.29) is 17.7 Å². The normalized spacial score (nSPS) is 20.1. The summed E-state index contributed by atoms with van der Waals surface area (Å²) in [5, 5.41) is 4.27. The minimum Gasteiger partial charge on any atom is -0.324 e. The zero-order valence-corrected chi connectivity index (χ0v) is 13.1. The second-order valence-corrected chi connectivity index (χ2v) is 6.12. The van der Waals surface area contributed by atoms with Crippen LogP contribution in [0.5, 0.6) is 0 Å². The summed E-state index contributed by atoms with van der Waals surface area (Å²) >= 11 is 17.9. The predicted octanol–water partition coefficient (Wildman–Crippen LogP) is 4.78. The molecule has 1 aliphatic carbocycles. The fourth-order valence-corrected chi connectivity index (χ4v) is 2.88. The fraction of sp³-hybridized carbons (Fsp3) is 0.200. The van der Waals surface area contributed by atoms with Crippen LogP contribution in [0.25, 0.3) is 0 Å². The van der Waals surface area contributed by atoms with Crippen molar-refractivity contribution in [2.45, 2.75) is 12.3 Å². The third-order valence-corrected chi connectivity index (χ3v) is 4.56. The van der Waals surface area contributed by atoms with Crippen molar-refractivity contribution in [2.75, 3.05) is 5.32 Å². The van der Waals surface area contributed by atoms with Crippen molar-refractivity contribution in [1.29, 1.82) is 0 Å². The van der Waals surface area contributed by atoms with Crippen LogP contribution in [0, 0.1) is 5.92 Å². The molecule has 1 aromatic carbocycles. The molecule has 0 bridgehead atoms. The van der Waals surface area contributed by atoms with Crippen molar-refractivity contribution in [1.82, 2.24) is 4.98 Å². The van der Waals surface area contributed by atoms with Gasteiger partial charge in [-0.3, -0.25) is 4.79 Å². The smallest absolute Gasteiger partial charge is 0.228 e. The Balaban J connectivity index is 1.68. The van der Waals surface area contributed by atoms with E-state index >= 15 is 0 Å². The summed E-state index contributed by atoms with van der Waals surface area (Å²) in [5.41, 5.74) is 1.56. The number of halogens is 3. The first-order valence-corrected chi connectivity index (χ1v) is 7.56. The molecule has 2 aromatic rings. The Morgan fingerprint density at radius 1 is 1.19 bits per heavy atom. The van der Waals surface area contributed by atoms with Gasteiger partial charge in [0.25, 0.3) is 0 Å². The number of nitrogens with one attached hydrogen (secondary N) is 1. The van der Waals surface area contributed by atoms with Crippen LogP contribution in [-0.4, -0.2) is 10.9 Å². The molecule has 1 fully saturated rings. The second kappa shape index (κ2) is 5.84. The van der Waals surface area contributed by atoms with Crippen molar-refractivity contribution in [3.8, 4) is 0 Å². The molecule has 3 nitrogen and oxygen atoms in total. The number of hydrogen-bond acceptors (Lipinski definition) is 2. The molecule has 0 saturated heterocycles. The number of benzene rings is 1. The van der Waals surface area contributed by atoms with Gasteiger partial charge in [0.15, 0.2) is 0 Å². The van der Waals surface area contributed by atoms with Gasteiger partial charge < -0.3 is 5.32 Å². The molecule has 0 spiro atoms. The highest BCUT2D eigenvalue weighted by molar-refractivity contribution is 6.42. The van der Waals surface area contributed by atoms with Gasteiger partial charge in [0.05, 0.1) is 21.9 Å². The van der Waals surface area contributed by atoms with Crippen molar-refractivity contribution in [2.24, 2.45) is 5.92 Å². The number of amides is 1. The Labute approximate surface area is 137 Å². The van der Waals surface area contributed by atoms with Crippen LogP contribution in [0.2, 0.25) is 15.2 Å². The van der Waals surface area contributed by atoms with Crippen molar-refractivity contribution >= 4 is 46.4 Å². The van der Waals surface area contributed by atoms with Gasteiger partial charge in [-0.15, -0.1) is 0 Å². The number of carbonyl (C=O) groups excluding carboxylic acids is 1. The monoisotopic (exact) mass is 340 g/mol. The van der Waals surface area contributed by atoms with Crippen LogP contribution in [0.4, 0.5) is 5.69 Å². The van der Waals surface area contributed by atoms with Crippen LogP contribution >= 0.6 is 34.8 Å². The minimum absolute atomic E-state index is 0.0415. The molecule has 1 heterocycles. The van der Waals surface area contributed by atoms with Gasteiger partial charge in [0, 0.05) is 5.92 Å². The molecule has 0 radical (unpaired) electrons. The molecule has 2 atom stereocenters. The summed E-state index contributed by atoms with van der Waals surface area (Å²) in [4.78, 5) is 16.1. The summed E-state index contributed by atoms with van der Waals surface area (Å²) in [6, 6.07) is 8.85. The Bertz CT molecular complexity index is 688. The van der Waals surface area contributed by atoms with Crippen molar-refractivity contribution in [3.05, 3.63) is 57.3 Å². The Kier molecular flexibility index (Phi) is 4.07. The zero-order chi connectivity index (χ0) is 15.0. The quantitative estimate of drug-likeness (QED) is 0.816. The van der Waals surface area contributed by atoms with Gasteiger partial charge >= 0.3 is 0 Å². The SMILES string of the molecule is O=C(Nc1ccc(Cl)nc1)C1CC1c1cccc(Cl)c1Cl. The first-order chi connectivity index (χ1) is 10.1. The lowest BCUT2D eigenvalue weighted by atomic mass is 10.1. The van der Waals surface area contributed by atoms with Crippen molar-refractivity contribution < 1.29 is 4.79 Å². The fourth-order valence-electron chi connectivity index (χ4n) is 2.32. The van der Waals surface area contributed by atoms with E-state index in [0.29, 0.717) is 20.9 Å². The molecule has 1 aromatic heterocycles. The van der Waals surface area contributed by atoms with E-state index in [1.165, 1.54) is 6.20 Å². The molecule has 3 rings (SSSR count). The number of rotatable bonds is 3. The molecular weight excluding hydrogens is 331 g/mol. The summed E-state index contributed by atoms with van der Waals surface area (Å²) in [7, 11) is 0. The third kappa shape index (κ3) is 3.15. The molecule has 1 aliphatic rings. The minimum atomic E-state index is -0.0864. The lowest BCUT2D eigenvalue weighted by Gasteiger charge is -2.06. The van der Waals surface area contributed by atoms with E-state index in [1.54, 1.807) is 18.2 Å². The number of pyridine rings is 1. The summed E-state index contributed by atoms with van der Waals surface area (Å²) in [6.07, 6.45) is 2.30. The Morgan fingerprint density at radius 2 is 2.00 bits per heavy atom. The molecule has 2 unspecified atom stereocenters. The van der Waals surface area contributed by atoms with Crippen LogP contribution in [0.1, 0.15) is 17.9 Å². The average Bonchev–Trinajstić information content (AvgIpc) is 3.25. The van der Waals surface area contributed by atoms with E-state index in [0.717, 1.165) is 12.0 Å². The highest BCUT2D eigenvalue weighted by atomic mass is 35.5. The third-order valence-electron chi connectivity index (χ3n) is 3.50. The first kappa shape index (κ1) is 14.6. The number of nitrogens with zero attached hydrogens (tertiary/aromatic N) is 1. The molecule has 1 N–H and O–H groups in total. The summed E-state index contributed by atoms with van der Waals surface area (Å²) in [6.45, 7) is 0. The lowest BCUT2D eigenvalue weighted by Crippen LogP contribution is -2.14. The largest absolute Gasteiger partial charge is 0.324 e. The highest BCUT2D eigenvalue weighted by Crippen LogP contribution is 2.51. The van der Waals surface area contributed by atoms with E-state index in [4.69, 9.17) is 34.8 Å². The molecule has 1 amide bonds. The van der Waals surface area contributed by atoms with Crippen LogP contribution in [-0.2, 0) is 4.79 Å². The standard InChI is InChI=1S/C15H11Cl3N2O/c16-12-3-1-2-9(14(12)18)10-6-11(10)15(21)20-8-4-5-13(17)19-7-8/h1-5,7,10-11H,6H2,(H,20,21). The van der Waals surface area contributed by atoms with Gasteiger partial charge in [0.2, 0.25) is 5.91 Å². The highest BCUT2D eigenvalue weighted by Gasteiger charge is 2.45. The van der Waals surface area contributed by atoms with Gasteiger partial charge in [-0.1, -0.05) is 46.9 Å². The van der Waals surface area contributed by atoms with Crippen molar-refractivity contribution in [3.63, 3.8) is 0 Å². The maximum Gasteiger partial charge on any atom is 0.228 e. The lowest BCUT2D eigenvalue weighted by molar-refractivity contribution is -0.117. The Hall–Kier alpha value is -1.29. The number of anilines is 1. The molecule has 0 aliphatic heterocycles. The van der Waals surface area contributed by atoms with E-state index in [1.807, 2.05) is 12.1 Å². The molecular formula is C15H11Cl3N2O. The molecule has 1 saturated carbocycles. The summed E-state index contributed by atoms with van der Waals surface area (Å²) in [5.74, 6) is -0.00623. The first-order valence-electron chi connectivity index (χ1n) is 6.42. The van der Waals surface area contributed by atoms with E-state index in [9.17, 15) is 4.79 Å². The van der Waals surface area contributed by atoms with Gasteiger partial charge in [-0.2, -0.15) is 0 Å². The summed E-state index contributed by atoms with van der Waals surface area (Å²) < 4.78 is 0. The molecule has 21 heavy (non-hydrogen) atoms. The van der Waals surface area contributed by atoms with E-state index in [2.05, 4.69) is 10.3 Å². The van der Waals surface area contributed by atoms with Crippen LogP contribution < -0.4 is 5.32 Å². The molecule has 6 heteroatoms. The number of aromatic nitrogens is 1. The maximum absolute atomic E-state index is 12.2. The Morgan fingerprint density at radius 3 is 2.71 bits per heavy atom.